The average Bonchev–Trinajstić information content (AvgIpc) is 2.84. The molecule has 0 saturated heterocycles. The summed E-state index contributed by atoms with van der Waals surface area (Å²) in [5, 5.41) is 22.1. The van der Waals surface area contributed by atoms with Crippen LogP contribution in [0.3, 0.4) is 0 Å². The highest BCUT2D eigenvalue weighted by molar-refractivity contribution is 9.09. The topological polar surface area (TPSA) is 79.4 Å². The fourth-order valence-electron chi connectivity index (χ4n) is 1.58. The number of aromatic nitrogens is 1. The molecule has 0 fully saturated rings. The van der Waals surface area contributed by atoms with Crippen LogP contribution in [-0.2, 0) is 0 Å². The number of anilines is 1. The van der Waals surface area contributed by atoms with E-state index in [9.17, 15) is 10.2 Å². The number of nitrogen functional groups attached to an aromatic ring is 1. The molecule has 1 aromatic carbocycles. The van der Waals surface area contributed by atoms with E-state index in [1.807, 2.05) is 17.5 Å². The van der Waals surface area contributed by atoms with Crippen LogP contribution in [0.25, 0.3) is 11.3 Å². The number of alkyl halides is 1. The Kier molecular flexibility index (Phi) is 4.34. The van der Waals surface area contributed by atoms with Gasteiger partial charge in [-0.25, -0.2) is 4.98 Å². The Morgan fingerprint density at radius 2 is 1.94 bits per heavy atom. The predicted molar refractivity (Wildman–Crippen MR) is 76.7 cm³/mol. The van der Waals surface area contributed by atoms with Gasteiger partial charge in [-0.3, -0.25) is 0 Å². The Morgan fingerprint density at radius 3 is 2.44 bits per heavy atom. The summed E-state index contributed by atoms with van der Waals surface area (Å²) >= 11 is 4.52. The van der Waals surface area contributed by atoms with E-state index >= 15 is 0 Å². The molecular weight excluding hydrogens is 316 g/mol. The number of nitrogens with two attached hydrogens (primary N) is 1. The number of rotatable bonds is 4. The molecule has 1 heterocycles. The van der Waals surface area contributed by atoms with Crippen LogP contribution in [-0.4, -0.2) is 26.6 Å². The number of benzene rings is 1. The number of halogens is 1. The lowest BCUT2D eigenvalue weighted by Crippen LogP contribution is -2.19. The zero-order chi connectivity index (χ0) is 13.1. The Balaban J connectivity index is 2.20. The number of hydrogen-bond donors (Lipinski definition) is 3. The normalized spacial score (nSPS) is 14.4. The molecule has 2 unspecified atom stereocenters. The van der Waals surface area contributed by atoms with Crippen molar-refractivity contribution < 1.29 is 10.2 Å². The molecule has 0 saturated carbocycles. The van der Waals surface area contributed by atoms with E-state index in [-0.39, 0.29) is 0 Å². The minimum absolute atomic E-state index is 0.332. The highest BCUT2D eigenvalue weighted by atomic mass is 79.9. The van der Waals surface area contributed by atoms with E-state index in [1.165, 1.54) is 11.3 Å². The molecule has 4 nitrogen and oxygen atoms in total. The molecule has 0 aliphatic carbocycles. The maximum Gasteiger partial charge on any atom is 0.180 e. The largest absolute Gasteiger partial charge is 0.389 e. The molecule has 1 aromatic heterocycles. The van der Waals surface area contributed by atoms with Crippen molar-refractivity contribution >= 4 is 32.4 Å². The summed E-state index contributed by atoms with van der Waals surface area (Å²) in [5.41, 5.74) is 8.01. The first-order chi connectivity index (χ1) is 8.61. The second kappa shape index (κ2) is 5.79. The number of nitrogens with zero attached hydrogens (tertiary/aromatic N) is 1. The molecule has 0 radical (unpaired) electrons. The summed E-state index contributed by atoms with van der Waals surface area (Å²) < 4.78 is 0. The standard InChI is InChI=1S/C12H13BrN2O2S/c13-5-10(16)11(17)8-3-1-7(2-4-8)9-6-18-12(14)15-9/h1-4,6,10-11,16-17H,5H2,(H2,14,15). The lowest BCUT2D eigenvalue weighted by atomic mass is 10.0. The van der Waals surface area contributed by atoms with Crippen LogP contribution in [0.1, 0.15) is 11.7 Å². The Labute approximate surface area is 117 Å². The third-order valence-corrected chi connectivity index (χ3v) is 3.93. The van der Waals surface area contributed by atoms with Gasteiger partial charge in [0.1, 0.15) is 6.10 Å². The van der Waals surface area contributed by atoms with Crippen LogP contribution < -0.4 is 5.73 Å². The average molecular weight is 329 g/mol. The molecular formula is C12H13BrN2O2S. The van der Waals surface area contributed by atoms with Crippen LogP contribution in [0.5, 0.6) is 0 Å². The van der Waals surface area contributed by atoms with Gasteiger partial charge in [-0.2, -0.15) is 0 Å². The predicted octanol–water partition coefficient (Wildman–Crippen LogP) is 2.18. The molecule has 6 heteroatoms. The molecule has 0 aliphatic rings. The second-order valence-electron chi connectivity index (χ2n) is 3.86. The molecule has 2 rings (SSSR count). The molecule has 0 spiro atoms. The highest BCUT2D eigenvalue weighted by Crippen LogP contribution is 2.25. The first-order valence-corrected chi connectivity index (χ1v) is 7.35. The van der Waals surface area contributed by atoms with Crippen molar-refractivity contribution in [3.63, 3.8) is 0 Å². The fraction of sp³-hybridized carbons (Fsp3) is 0.250. The van der Waals surface area contributed by atoms with Crippen molar-refractivity contribution in [2.75, 3.05) is 11.1 Å². The Hall–Kier alpha value is -0.950. The SMILES string of the molecule is Nc1nc(-c2ccc(C(O)C(O)CBr)cc2)cs1. The lowest BCUT2D eigenvalue weighted by molar-refractivity contribution is 0.0343. The number of aliphatic hydroxyl groups excluding tert-OH is 2. The maximum absolute atomic E-state index is 9.84. The van der Waals surface area contributed by atoms with Crippen molar-refractivity contribution in [2.24, 2.45) is 0 Å². The maximum atomic E-state index is 9.84. The van der Waals surface area contributed by atoms with E-state index in [4.69, 9.17) is 5.73 Å². The first-order valence-electron chi connectivity index (χ1n) is 5.35. The summed E-state index contributed by atoms with van der Waals surface area (Å²) in [5.74, 6) is 0. The van der Waals surface area contributed by atoms with Gasteiger partial charge < -0.3 is 15.9 Å². The van der Waals surface area contributed by atoms with Crippen LogP contribution >= 0.6 is 27.3 Å². The molecule has 2 aromatic rings. The van der Waals surface area contributed by atoms with Gasteiger partial charge >= 0.3 is 0 Å². The molecule has 4 N–H and O–H groups in total. The van der Waals surface area contributed by atoms with E-state index in [0.29, 0.717) is 16.0 Å². The molecule has 0 aliphatic heterocycles. The summed E-state index contributed by atoms with van der Waals surface area (Å²) in [7, 11) is 0. The molecule has 96 valence electrons. The van der Waals surface area contributed by atoms with Crippen molar-refractivity contribution in [3.05, 3.63) is 35.2 Å². The number of thiazole rings is 1. The lowest BCUT2D eigenvalue weighted by Gasteiger charge is -2.15. The van der Waals surface area contributed by atoms with E-state index in [2.05, 4.69) is 20.9 Å². The second-order valence-corrected chi connectivity index (χ2v) is 5.40. The van der Waals surface area contributed by atoms with Gasteiger partial charge in [-0.1, -0.05) is 40.2 Å². The zero-order valence-electron chi connectivity index (χ0n) is 9.45. The smallest absolute Gasteiger partial charge is 0.180 e. The van der Waals surface area contributed by atoms with E-state index in [0.717, 1.165) is 11.3 Å². The van der Waals surface area contributed by atoms with Gasteiger partial charge in [0.25, 0.3) is 0 Å². The van der Waals surface area contributed by atoms with E-state index < -0.39 is 12.2 Å². The van der Waals surface area contributed by atoms with Crippen LogP contribution in [0.4, 0.5) is 5.13 Å². The van der Waals surface area contributed by atoms with Gasteiger partial charge in [-0.15, -0.1) is 11.3 Å². The van der Waals surface area contributed by atoms with Crippen molar-refractivity contribution in [1.82, 2.24) is 4.98 Å². The highest BCUT2D eigenvalue weighted by Gasteiger charge is 2.16. The molecule has 0 bridgehead atoms. The van der Waals surface area contributed by atoms with Crippen LogP contribution in [0.15, 0.2) is 29.6 Å². The summed E-state index contributed by atoms with van der Waals surface area (Å²) in [6.07, 6.45) is -1.70. The van der Waals surface area contributed by atoms with Gasteiger partial charge in [0.15, 0.2) is 5.13 Å². The summed E-state index contributed by atoms with van der Waals surface area (Å²) in [6, 6.07) is 7.27. The minimum Gasteiger partial charge on any atom is -0.389 e. The van der Waals surface area contributed by atoms with Gasteiger partial charge in [0.05, 0.1) is 11.8 Å². The van der Waals surface area contributed by atoms with E-state index in [1.54, 1.807) is 12.1 Å². The molecule has 0 amide bonds. The van der Waals surface area contributed by atoms with Crippen LogP contribution in [0.2, 0.25) is 0 Å². The van der Waals surface area contributed by atoms with Crippen molar-refractivity contribution in [2.45, 2.75) is 12.2 Å². The quantitative estimate of drug-likeness (QED) is 0.751. The monoisotopic (exact) mass is 328 g/mol. The Morgan fingerprint density at radius 1 is 1.28 bits per heavy atom. The van der Waals surface area contributed by atoms with Gasteiger partial charge in [0.2, 0.25) is 0 Å². The summed E-state index contributed by atoms with van der Waals surface area (Å²) in [6.45, 7) is 0. The first kappa shape index (κ1) is 13.5. The molecule has 18 heavy (non-hydrogen) atoms. The van der Waals surface area contributed by atoms with Crippen LogP contribution in [0, 0.1) is 0 Å². The third-order valence-electron chi connectivity index (χ3n) is 2.59. The van der Waals surface area contributed by atoms with Gasteiger partial charge in [-0.05, 0) is 5.56 Å². The van der Waals surface area contributed by atoms with Crippen molar-refractivity contribution in [3.8, 4) is 11.3 Å². The van der Waals surface area contributed by atoms with Crippen molar-refractivity contribution in [1.29, 1.82) is 0 Å². The van der Waals surface area contributed by atoms with Gasteiger partial charge in [0, 0.05) is 16.3 Å². The minimum atomic E-state index is -0.890. The molecule has 2 atom stereocenters. The summed E-state index contributed by atoms with van der Waals surface area (Å²) in [4.78, 5) is 4.18. The Bertz CT molecular complexity index is 515. The third kappa shape index (κ3) is 2.89. The zero-order valence-corrected chi connectivity index (χ0v) is 11.9. The number of hydrogen-bond acceptors (Lipinski definition) is 5. The fourth-order valence-corrected chi connectivity index (χ4v) is 2.50. The number of aliphatic hydroxyl groups is 2.